The molecule has 0 saturated carbocycles. The molecule has 1 aromatic rings. The maximum Gasteiger partial charge on any atom is 0.261 e. The summed E-state index contributed by atoms with van der Waals surface area (Å²) in [6.45, 7) is 3.32. The van der Waals surface area contributed by atoms with Gasteiger partial charge in [-0.2, -0.15) is 0 Å². The van der Waals surface area contributed by atoms with Crippen LogP contribution in [0.25, 0.3) is 0 Å². The predicted octanol–water partition coefficient (Wildman–Crippen LogP) is 3.18. The van der Waals surface area contributed by atoms with Gasteiger partial charge in [-0.1, -0.05) is 0 Å². The first-order valence-electron chi connectivity index (χ1n) is 4.85. The van der Waals surface area contributed by atoms with Gasteiger partial charge in [-0.25, -0.2) is 0 Å². The lowest BCUT2D eigenvalue weighted by Crippen LogP contribution is -2.46. The van der Waals surface area contributed by atoms with E-state index in [0.29, 0.717) is 18.1 Å². The van der Waals surface area contributed by atoms with Gasteiger partial charge in [-0.05, 0) is 51.3 Å². The molecule has 2 heterocycles. The zero-order chi connectivity index (χ0) is 11.8. The van der Waals surface area contributed by atoms with E-state index in [-0.39, 0.29) is 11.4 Å². The van der Waals surface area contributed by atoms with E-state index in [4.69, 9.17) is 4.74 Å². The van der Waals surface area contributed by atoms with Gasteiger partial charge in [0.15, 0.2) is 0 Å². The monoisotopic (exact) mass is 367 g/mol. The first-order valence-corrected chi connectivity index (χ1v) is 7.25. The van der Waals surface area contributed by atoms with Crippen LogP contribution in [0.1, 0.15) is 23.0 Å². The van der Waals surface area contributed by atoms with Crippen LogP contribution in [0.3, 0.4) is 0 Å². The molecule has 1 aliphatic rings. The molecule has 1 fully saturated rings. The molecule has 3 nitrogen and oxygen atoms in total. The topological polar surface area (TPSA) is 38.3 Å². The second kappa shape index (κ2) is 4.76. The van der Waals surface area contributed by atoms with Crippen molar-refractivity contribution in [2.24, 2.45) is 0 Å². The summed E-state index contributed by atoms with van der Waals surface area (Å²) in [7, 11) is 0. The third kappa shape index (κ3) is 2.67. The van der Waals surface area contributed by atoms with Gasteiger partial charge in [0.2, 0.25) is 0 Å². The lowest BCUT2D eigenvalue weighted by Gasteiger charge is -2.22. The SMILES string of the molecule is CC1(NC(=O)c2cc(Br)c(Br)s2)CCOC1. The van der Waals surface area contributed by atoms with Crippen LogP contribution < -0.4 is 5.32 Å². The normalized spacial score (nSPS) is 24.7. The fraction of sp³-hybridized carbons (Fsp3) is 0.500. The fourth-order valence-corrected chi connectivity index (χ4v) is 3.49. The van der Waals surface area contributed by atoms with E-state index < -0.39 is 0 Å². The van der Waals surface area contributed by atoms with Crippen molar-refractivity contribution in [2.75, 3.05) is 13.2 Å². The van der Waals surface area contributed by atoms with E-state index in [1.165, 1.54) is 11.3 Å². The van der Waals surface area contributed by atoms with Gasteiger partial charge in [0, 0.05) is 11.1 Å². The standard InChI is InChI=1S/C10H11Br2NO2S/c1-10(2-3-15-5-10)13-9(14)7-4-6(11)8(12)16-7/h4H,2-3,5H2,1H3,(H,13,14). The number of ether oxygens (including phenoxy) is 1. The number of hydrogen-bond acceptors (Lipinski definition) is 3. The molecule has 0 bridgehead atoms. The Kier molecular flexibility index (Phi) is 3.73. The summed E-state index contributed by atoms with van der Waals surface area (Å²) in [4.78, 5) is 12.7. The summed E-state index contributed by atoms with van der Waals surface area (Å²) < 4.78 is 7.14. The number of nitrogens with one attached hydrogen (secondary N) is 1. The molecule has 6 heteroatoms. The van der Waals surface area contributed by atoms with Crippen molar-refractivity contribution < 1.29 is 9.53 Å². The summed E-state index contributed by atoms with van der Waals surface area (Å²) in [6.07, 6.45) is 0.868. The van der Waals surface area contributed by atoms with E-state index in [1.807, 2.05) is 13.0 Å². The van der Waals surface area contributed by atoms with Crippen LogP contribution in [0, 0.1) is 0 Å². The smallest absolute Gasteiger partial charge is 0.261 e. The van der Waals surface area contributed by atoms with Gasteiger partial charge < -0.3 is 10.1 Å². The molecule has 2 rings (SSSR count). The first-order chi connectivity index (χ1) is 7.50. The molecular weight excluding hydrogens is 358 g/mol. The Balaban J connectivity index is 2.08. The average molecular weight is 369 g/mol. The minimum atomic E-state index is -0.222. The molecule has 0 aliphatic carbocycles. The minimum Gasteiger partial charge on any atom is -0.379 e. The van der Waals surface area contributed by atoms with Gasteiger partial charge in [0.25, 0.3) is 5.91 Å². The molecule has 1 amide bonds. The van der Waals surface area contributed by atoms with Crippen LogP contribution in [0.5, 0.6) is 0 Å². The third-order valence-electron chi connectivity index (χ3n) is 2.50. The number of thiophene rings is 1. The lowest BCUT2D eigenvalue weighted by molar-refractivity contribution is 0.0894. The van der Waals surface area contributed by atoms with Crippen molar-refractivity contribution in [2.45, 2.75) is 18.9 Å². The van der Waals surface area contributed by atoms with Crippen molar-refractivity contribution in [1.29, 1.82) is 0 Å². The largest absolute Gasteiger partial charge is 0.379 e. The third-order valence-corrected chi connectivity index (χ3v) is 5.76. The van der Waals surface area contributed by atoms with Gasteiger partial charge >= 0.3 is 0 Å². The van der Waals surface area contributed by atoms with Crippen LogP contribution in [0.2, 0.25) is 0 Å². The predicted molar refractivity (Wildman–Crippen MR) is 71.0 cm³/mol. The van der Waals surface area contributed by atoms with Crippen LogP contribution in [-0.4, -0.2) is 24.7 Å². The highest BCUT2D eigenvalue weighted by Crippen LogP contribution is 2.32. The molecule has 88 valence electrons. The molecule has 0 aromatic carbocycles. The van der Waals surface area contributed by atoms with Crippen molar-refractivity contribution in [1.82, 2.24) is 5.32 Å². The van der Waals surface area contributed by atoms with Crippen molar-refractivity contribution >= 4 is 49.1 Å². The second-order valence-electron chi connectivity index (χ2n) is 4.05. The molecule has 0 spiro atoms. The Bertz CT molecular complexity index is 393. The summed E-state index contributed by atoms with van der Waals surface area (Å²) in [5, 5.41) is 3.02. The molecule has 1 aliphatic heterocycles. The number of amides is 1. The van der Waals surface area contributed by atoms with Crippen molar-refractivity contribution in [3.05, 3.63) is 19.2 Å². The molecule has 1 aromatic heterocycles. The Morgan fingerprint density at radius 3 is 2.88 bits per heavy atom. The van der Waals surface area contributed by atoms with Gasteiger partial charge in [-0.15, -0.1) is 11.3 Å². The number of carbonyl (C=O) groups is 1. The Labute approximate surface area is 115 Å². The maximum absolute atomic E-state index is 12.0. The van der Waals surface area contributed by atoms with E-state index in [0.717, 1.165) is 14.7 Å². The summed E-state index contributed by atoms with van der Waals surface area (Å²) in [5.41, 5.74) is -0.222. The molecule has 0 radical (unpaired) electrons. The Hall–Kier alpha value is 0.0900. The van der Waals surface area contributed by atoms with Crippen LogP contribution in [0.15, 0.2) is 14.3 Å². The number of hydrogen-bond donors (Lipinski definition) is 1. The van der Waals surface area contributed by atoms with E-state index >= 15 is 0 Å². The van der Waals surface area contributed by atoms with Crippen molar-refractivity contribution in [3.8, 4) is 0 Å². The summed E-state index contributed by atoms with van der Waals surface area (Å²) >= 11 is 8.17. The average Bonchev–Trinajstić information content (AvgIpc) is 2.75. The first kappa shape index (κ1) is 12.5. The fourth-order valence-electron chi connectivity index (χ4n) is 1.56. The highest BCUT2D eigenvalue weighted by molar-refractivity contribution is 9.13. The molecule has 1 unspecified atom stereocenters. The molecule has 1 saturated heterocycles. The Morgan fingerprint density at radius 2 is 2.38 bits per heavy atom. The van der Waals surface area contributed by atoms with Crippen molar-refractivity contribution in [3.63, 3.8) is 0 Å². The number of halogens is 2. The zero-order valence-electron chi connectivity index (χ0n) is 8.68. The number of rotatable bonds is 2. The maximum atomic E-state index is 12.0. The van der Waals surface area contributed by atoms with E-state index in [2.05, 4.69) is 37.2 Å². The molecule has 16 heavy (non-hydrogen) atoms. The van der Waals surface area contributed by atoms with E-state index in [9.17, 15) is 4.79 Å². The van der Waals surface area contributed by atoms with Gasteiger partial charge in [0.05, 0.1) is 20.8 Å². The Morgan fingerprint density at radius 1 is 1.62 bits per heavy atom. The van der Waals surface area contributed by atoms with Crippen LogP contribution in [-0.2, 0) is 4.74 Å². The summed E-state index contributed by atoms with van der Waals surface area (Å²) in [5.74, 6) is -0.0376. The highest BCUT2D eigenvalue weighted by Gasteiger charge is 2.31. The van der Waals surface area contributed by atoms with Gasteiger partial charge in [0.1, 0.15) is 0 Å². The summed E-state index contributed by atoms with van der Waals surface area (Å²) in [6, 6.07) is 1.82. The molecule has 1 atom stereocenters. The lowest BCUT2D eigenvalue weighted by atomic mass is 10.0. The highest BCUT2D eigenvalue weighted by atomic mass is 79.9. The quantitative estimate of drug-likeness (QED) is 0.870. The molecular formula is C10H11Br2NO2S. The van der Waals surface area contributed by atoms with E-state index in [1.54, 1.807) is 0 Å². The second-order valence-corrected chi connectivity index (χ2v) is 7.27. The molecule has 1 N–H and O–H groups in total. The van der Waals surface area contributed by atoms with Crippen LogP contribution in [0.4, 0.5) is 0 Å². The number of carbonyl (C=O) groups excluding carboxylic acids is 1. The van der Waals surface area contributed by atoms with Gasteiger partial charge in [-0.3, -0.25) is 4.79 Å². The zero-order valence-corrected chi connectivity index (χ0v) is 12.7. The van der Waals surface area contributed by atoms with Crippen LogP contribution >= 0.6 is 43.2 Å². The minimum absolute atomic E-state index is 0.0376.